The second-order valence-corrected chi connectivity index (χ2v) is 5.58. The summed E-state index contributed by atoms with van der Waals surface area (Å²) in [7, 11) is 0. The lowest BCUT2D eigenvalue weighted by atomic mass is 9.72. The monoisotopic (exact) mass is 266 g/mol. The Bertz CT molecular complexity index is 595. The first kappa shape index (κ1) is 13.8. The molecule has 0 spiro atoms. The van der Waals surface area contributed by atoms with E-state index >= 15 is 0 Å². The van der Waals surface area contributed by atoms with E-state index in [2.05, 4.69) is 9.97 Å². The van der Waals surface area contributed by atoms with Crippen molar-refractivity contribution in [3.63, 3.8) is 0 Å². The van der Waals surface area contributed by atoms with Crippen LogP contribution in [0, 0.1) is 5.41 Å². The molecule has 1 aromatic heterocycles. The Morgan fingerprint density at radius 2 is 1.63 bits per heavy atom. The highest BCUT2D eigenvalue weighted by molar-refractivity contribution is 5.74. The summed E-state index contributed by atoms with van der Waals surface area (Å²) in [5, 5.41) is 10.5. The van der Waals surface area contributed by atoms with Gasteiger partial charge in [0.2, 0.25) is 0 Å². The van der Waals surface area contributed by atoms with Crippen LogP contribution in [0.3, 0.4) is 0 Å². The first-order chi connectivity index (χ1) is 8.76. The Balaban J connectivity index is 2.64. The molecule has 0 fully saturated rings. The van der Waals surface area contributed by atoms with Crippen molar-refractivity contribution in [3.8, 4) is 0 Å². The largest absolute Gasteiger partial charge is 0.379 e. The molecule has 1 atom stereocenters. The van der Waals surface area contributed by atoms with E-state index in [0.717, 1.165) is 0 Å². The SMILES string of the molecule is CC(C)(C)C(O)(c1ccc2nccnc2c1)C(F)F. The number of alkyl halides is 2. The number of hydrogen-bond acceptors (Lipinski definition) is 3. The van der Waals surface area contributed by atoms with Crippen LogP contribution in [-0.4, -0.2) is 21.5 Å². The lowest BCUT2D eigenvalue weighted by Gasteiger charge is -2.39. The van der Waals surface area contributed by atoms with Crippen LogP contribution in [0.1, 0.15) is 26.3 Å². The molecule has 5 heteroatoms. The molecule has 3 nitrogen and oxygen atoms in total. The van der Waals surface area contributed by atoms with Gasteiger partial charge >= 0.3 is 0 Å². The average molecular weight is 266 g/mol. The number of rotatable bonds is 2. The summed E-state index contributed by atoms with van der Waals surface area (Å²) in [6, 6.07) is 4.55. The van der Waals surface area contributed by atoms with E-state index in [1.807, 2.05) is 0 Å². The molecular formula is C14H16F2N2O. The maximum absolute atomic E-state index is 13.4. The molecule has 0 bridgehead atoms. The van der Waals surface area contributed by atoms with Gasteiger partial charge in [0.05, 0.1) is 11.0 Å². The normalized spacial score (nSPS) is 15.7. The highest BCUT2D eigenvalue weighted by Gasteiger charge is 2.49. The fraction of sp³-hybridized carbons (Fsp3) is 0.429. The third-order valence-corrected chi connectivity index (χ3v) is 3.37. The van der Waals surface area contributed by atoms with Crippen molar-refractivity contribution in [2.45, 2.75) is 32.8 Å². The van der Waals surface area contributed by atoms with Crippen molar-refractivity contribution in [1.82, 2.24) is 9.97 Å². The Labute approximate surface area is 110 Å². The third kappa shape index (κ3) is 2.18. The lowest BCUT2D eigenvalue weighted by Crippen LogP contribution is -2.46. The molecule has 2 aromatic rings. The minimum atomic E-state index is -2.89. The summed E-state index contributed by atoms with van der Waals surface area (Å²) in [6.07, 6.45) is 0.136. The highest BCUT2D eigenvalue weighted by atomic mass is 19.3. The quantitative estimate of drug-likeness (QED) is 0.908. The fourth-order valence-corrected chi connectivity index (χ4v) is 2.09. The Morgan fingerprint density at radius 1 is 1.05 bits per heavy atom. The van der Waals surface area contributed by atoms with E-state index in [0.29, 0.717) is 11.0 Å². The van der Waals surface area contributed by atoms with Crippen LogP contribution >= 0.6 is 0 Å². The fourth-order valence-electron chi connectivity index (χ4n) is 2.09. The van der Waals surface area contributed by atoms with Gasteiger partial charge in [0.1, 0.15) is 0 Å². The number of benzene rings is 1. The first-order valence-electron chi connectivity index (χ1n) is 5.98. The molecule has 102 valence electrons. The summed E-state index contributed by atoms with van der Waals surface area (Å²) >= 11 is 0. The zero-order valence-corrected chi connectivity index (χ0v) is 11.1. The van der Waals surface area contributed by atoms with Gasteiger partial charge in [-0.05, 0) is 17.7 Å². The molecular weight excluding hydrogens is 250 g/mol. The molecule has 0 aliphatic rings. The minimum Gasteiger partial charge on any atom is -0.379 e. The smallest absolute Gasteiger partial charge is 0.271 e. The van der Waals surface area contributed by atoms with Gasteiger partial charge in [-0.25, -0.2) is 8.78 Å². The Morgan fingerprint density at radius 3 is 2.16 bits per heavy atom. The number of aromatic nitrogens is 2. The van der Waals surface area contributed by atoms with Crippen LogP contribution in [0.25, 0.3) is 11.0 Å². The minimum absolute atomic E-state index is 0.156. The van der Waals surface area contributed by atoms with Gasteiger partial charge in [0, 0.05) is 17.8 Å². The number of nitrogens with zero attached hydrogens (tertiary/aromatic N) is 2. The summed E-state index contributed by atoms with van der Waals surface area (Å²) in [6.45, 7) is 4.75. The standard InChI is InChI=1S/C14H16F2N2O/c1-13(2,3)14(19,12(15)16)9-4-5-10-11(8-9)18-7-6-17-10/h4-8,12,19H,1-3H3. The van der Waals surface area contributed by atoms with Gasteiger partial charge in [-0.15, -0.1) is 0 Å². The molecule has 0 aliphatic heterocycles. The van der Waals surface area contributed by atoms with Gasteiger partial charge in [-0.3, -0.25) is 9.97 Å². The van der Waals surface area contributed by atoms with Gasteiger partial charge < -0.3 is 5.11 Å². The molecule has 2 rings (SSSR count). The van der Waals surface area contributed by atoms with Crippen LogP contribution in [-0.2, 0) is 5.60 Å². The Hall–Kier alpha value is -1.62. The molecule has 0 aliphatic carbocycles. The predicted octanol–water partition coefficient (Wildman–Crippen LogP) is 3.13. The topological polar surface area (TPSA) is 46.0 Å². The molecule has 1 N–H and O–H groups in total. The van der Waals surface area contributed by atoms with E-state index in [1.54, 1.807) is 26.8 Å². The third-order valence-electron chi connectivity index (χ3n) is 3.37. The second-order valence-electron chi connectivity index (χ2n) is 5.58. The number of halogens is 2. The zero-order valence-electron chi connectivity index (χ0n) is 11.1. The molecule has 1 aromatic carbocycles. The van der Waals surface area contributed by atoms with E-state index in [9.17, 15) is 13.9 Å². The van der Waals surface area contributed by atoms with E-state index in [1.165, 1.54) is 24.5 Å². The van der Waals surface area contributed by atoms with E-state index < -0.39 is 17.4 Å². The molecule has 1 heterocycles. The van der Waals surface area contributed by atoms with Crippen molar-refractivity contribution in [3.05, 3.63) is 36.2 Å². The van der Waals surface area contributed by atoms with Crippen LogP contribution in [0.15, 0.2) is 30.6 Å². The van der Waals surface area contributed by atoms with Crippen molar-refractivity contribution < 1.29 is 13.9 Å². The molecule has 0 amide bonds. The van der Waals surface area contributed by atoms with Crippen LogP contribution in [0.5, 0.6) is 0 Å². The van der Waals surface area contributed by atoms with E-state index in [4.69, 9.17) is 0 Å². The van der Waals surface area contributed by atoms with Gasteiger partial charge in [0.15, 0.2) is 5.60 Å². The van der Waals surface area contributed by atoms with Crippen LogP contribution < -0.4 is 0 Å². The van der Waals surface area contributed by atoms with Crippen LogP contribution in [0.4, 0.5) is 8.78 Å². The summed E-state index contributed by atoms with van der Waals surface area (Å²) < 4.78 is 26.8. The van der Waals surface area contributed by atoms with Crippen molar-refractivity contribution in [1.29, 1.82) is 0 Å². The molecule has 19 heavy (non-hydrogen) atoms. The molecule has 0 saturated heterocycles. The van der Waals surface area contributed by atoms with E-state index in [-0.39, 0.29) is 5.56 Å². The van der Waals surface area contributed by atoms with Crippen molar-refractivity contribution in [2.75, 3.05) is 0 Å². The molecule has 1 unspecified atom stereocenters. The van der Waals surface area contributed by atoms with Gasteiger partial charge in [-0.2, -0.15) is 0 Å². The number of aliphatic hydroxyl groups is 1. The highest BCUT2D eigenvalue weighted by Crippen LogP contribution is 2.44. The van der Waals surface area contributed by atoms with Crippen molar-refractivity contribution >= 4 is 11.0 Å². The summed E-state index contributed by atoms with van der Waals surface area (Å²) in [4.78, 5) is 8.16. The molecule has 0 radical (unpaired) electrons. The first-order valence-corrected chi connectivity index (χ1v) is 5.98. The second kappa shape index (κ2) is 4.49. The molecule has 0 saturated carbocycles. The zero-order chi connectivity index (χ0) is 14.3. The van der Waals surface area contributed by atoms with Gasteiger partial charge in [-0.1, -0.05) is 26.8 Å². The van der Waals surface area contributed by atoms with Gasteiger partial charge in [0.25, 0.3) is 6.43 Å². The maximum atomic E-state index is 13.4. The Kier molecular flexibility index (Phi) is 3.26. The lowest BCUT2D eigenvalue weighted by molar-refractivity contribution is -0.166. The number of hydrogen-bond donors (Lipinski definition) is 1. The average Bonchev–Trinajstić information content (AvgIpc) is 2.35. The van der Waals surface area contributed by atoms with Crippen molar-refractivity contribution in [2.24, 2.45) is 5.41 Å². The van der Waals surface area contributed by atoms with Crippen LogP contribution in [0.2, 0.25) is 0 Å². The number of fused-ring (bicyclic) bond motifs is 1. The summed E-state index contributed by atoms with van der Waals surface area (Å²) in [5.41, 5.74) is -1.97. The predicted molar refractivity (Wildman–Crippen MR) is 68.9 cm³/mol. The maximum Gasteiger partial charge on any atom is 0.271 e. The summed E-state index contributed by atoms with van der Waals surface area (Å²) in [5.74, 6) is 0.